The summed E-state index contributed by atoms with van der Waals surface area (Å²) in [6, 6.07) is 5.92. The van der Waals surface area contributed by atoms with Crippen molar-refractivity contribution >= 4 is 52.2 Å². The fourth-order valence-corrected chi connectivity index (χ4v) is 4.60. The van der Waals surface area contributed by atoms with Crippen molar-refractivity contribution in [3.05, 3.63) is 58.1 Å². The predicted molar refractivity (Wildman–Crippen MR) is 155 cm³/mol. The number of benzene rings is 1. The smallest absolute Gasteiger partial charge is 0.410 e. The summed E-state index contributed by atoms with van der Waals surface area (Å²) in [6.45, 7) is 6.59. The van der Waals surface area contributed by atoms with E-state index in [2.05, 4.69) is 36.6 Å². The van der Waals surface area contributed by atoms with Gasteiger partial charge >= 0.3 is 6.09 Å². The van der Waals surface area contributed by atoms with Crippen LogP contribution >= 0.6 is 11.6 Å². The molecule has 1 aromatic carbocycles. The number of hydrogen-bond donors (Lipinski definition) is 3. The van der Waals surface area contributed by atoms with E-state index in [9.17, 15) is 18.8 Å². The van der Waals surface area contributed by atoms with Gasteiger partial charge in [-0.25, -0.2) is 19.0 Å². The minimum Gasteiger partial charge on any atom is -0.444 e. The molecule has 0 saturated carbocycles. The lowest BCUT2D eigenvalue weighted by atomic mass is 9.99. The highest BCUT2D eigenvalue weighted by atomic mass is 35.5. The second-order valence-corrected chi connectivity index (χ2v) is 11.6. The van der Waals surface area contributed by atoms with Crippen LogP contribution in [0.1, 0.15) is 43.2 Å². The summed E-state index contributed by atoms with van der Waals surface area (Å²) < 4.78 is 27.5. The van der Waals surface area contributed by atoms with Crippen molar-refractivity contribution in [3.8, 4) is 6.07 Å². The number of carbonyl (C=O) groups is 1. The summed E-state index contributed by atoms with van der Waals surface area (Å²) >= 11 is 4.05. The molecule has 1 aliphatic rings. The third-order valence-corrected chi connectivity index (χ3v) is 7.03. The molecule has 15 heteroatoms. The van der Waals surface area contributed by atoms with E-state index in [0.29, 0.717) is 42.9 Å². The fourth-order valence-electron chi connectivity index (χ4n) is 4.14. The number of amides is 1. The number of anilines is 4. The minimum atomic E-state index is -2.28. The highest BCUT2D eigenvalue weighted by Gasteiger charge is 2.25. The number of nitrogens with zero attached hydrogens (tertiary/aromatic N) is 7. The average Bonchev–Trinajstić information content (AvgIpc) is 3.14. The molecule has 1 amide bonds. The Balaban J connectivity index is 1.51. The Hall–Kier alpha value is -4.06. The molecular formula is C26H30ClN9O4S. The van der Waals surface area contributed by atoms with Crippen LogP contribution in [-0.2, 0) is 35.4 Å². The van der Waals surface area contributed by atoms with Gasteiger partial charge in [-0.1, -0.05) is 11.6 Å². The van der Waals surface area contributed by atoms with E-state index in [1.807, 2.05) is 32.9 Å². The van der Waals surface area contributed by atoms with Gasteiger partial charge in [-0.2, -0.15) is 10.2 Å². The molecular weight excluding hydrogens is 570 g/mol. The van der Waals surface area contributed by atoms with Crippen molar-refractivity contribution in [2.75, 3.05) is 35.1 Å². The first-order valence-corrected chi connectivity index (χ1v) is 14.1. The fraction of sp³-hybridized carbons (Fsp3) is 0.385. The molecule has 3 heterocycles. The number of hydrogen-bond acceptors (Lipinski definition) is 10. The van der Waals surface area contributed by atoms with E-state index in [1.165, 1.54) is 25.6 Å². The quantitative estimate of drug-likeness (QED) is 0.335. The third kappa shape index (κ3) is 7.57. The summed E-state index contributed by atoms with van der Waals surface area (Å²) in [6.07, 6.45) is 5.14. The number of nitrogens with one attached hydrogen (secondary N) is 2. The number of fused-ring (bicyclic) bond motifs is 1. The monoisotopic (exact) mass is 599 g/mol. The summed E-state index contributed by atoms with van der Waals surface area (Å²) in [4.78, 5) is 31.4. The van der Waals surface area contributed by atoms with Crippen LogP contribution < -0.4 is 14.9 Å². The van der Waals surface area contributed by atoms with Gasteiger partial charge in [0.05, 0.1) is 24.0 Å². The van der Waals surface area contributed by atoms with Crippen molar-refractivity contribution in [3.63, 3.8) is 0 Å². The van der Waals surface area contributed by atoms with Gasteiger partial charge in [-0.05, 0) is 56.9 Å². The van der Waals surface area contributed by atoms with Crippen LogP contribution in [0.25, 0.3) is 0 Å². The third-order valence-electron chi connectivity index (χ3n) is 6.11. The van der Waals surface area contributed by atoms with Gasteiger partial charge in [-0.3, -0.25) is 13.8 Å². The van der Waals surface area contributed by atoms with E-state index in [-0.39, 0.29) is 35.2 Å². The topological polar surface area (TPSA) is 169 Å². The number of ether oxygens (including phenoxy) is 1. The molecule has 216 valence electrons. The Bertz CT molecular complexity index is 1510. The maximum atomic E-state index is 12.6. The van der Waals surface area contributed by atoms with Gasteiger partial charge in [0, 0.05) is 32.5 Å². The van der Waals surface area contributed by atoms with Crippen LogP contribution in [0.4, 0.5) is 28.1 Å². The van der Waals surface area contributed by atoms with Crippen molar-refractivity contribution < 1.29 is 18.3 Å². The van der Waals surface area contributed by atoms with E-state index in [0.717, 1.165) is 15.4 Å². The normalized spacial score (nSPS) is 13.8. The van der Waals surface area contributed by atoms with Crippen LogP contribution in [0.3, 0.4) is 0 Å². The molecule has 4 rings (SSSR count). The minimum absolute atomic E-state index is 0.108. The second-order valence-electron chi connectivity index (χ2n) is 10.2. The first-order valence-electron chi connectivity index (χ1n) is 12.7. The summed E-state index contributed by atoms with van der Waals surface area (Å²) in [5, 5.41) is 16.3. The van der Waals surface area contributed by atoms with Crippen LogP contribution in [0, 0.1) is 11.3 Å². The predicted octanol–water partition coefficient (Wildman–Crippen LogP) is 4.06. The lowest BCUT2D eigenvalue weighted by Crippen LogP contribution is -2.38. The molecule has 0 bridgehead atoms. The van der Waals surface area contributed by atoms with E-state index in [4.69, 9.17) is 16.3 Å². The molecule has 2 aromatic heterocycles. The van der Waals surface area contributed by atoms with Gasteiger partial charge in [0.25, 0.3) is 11.3 Å². The van der Waals surface area contributed by atoms with Gasteiger partial charge in [0.1, 0.15) is 22.4 Å². The molecule has 3 N–H and O–H groups in total. The molecule has 13 nitrogen and oxygen atoms in total. The Morgan fingerprint density at radius 3 is 2.56 bits per heavy atom. The molecule has 3 aromatic rings. The second kappa shape index (κ2) is 12.6. The molecule has 0 radical (unpaired) electrons. The van der Waals surface area contributed by atoms with Crippen LogP contribution in [0.15, 0.2) is 30.7 Å². The standard InChI is InChI=1S/C26H30ClN9O4S/c1-26(2,3)40-25(37)36-9-5-16-11-18(13-28)20(12-17(16)6-10-36)33-24-32-14-19(27)22(34-24)31-15-21-23(30-8-7-29-21)35(4)41(38)39/h7-8,11-12,14H,5-6,9-10,15H2,1-4H3,(H,38,39)(H2,31,32,33,34). The molecule has 1 atom stereocenters. The zero-order valence-electron chi connectivity index (χ0n) is 23.0. The Morgan fingerprint density at radius 1 is 1.22 bits per heavy atom. The number of aromatic nitrogens is 4. The molecule has 0 spiro atoms. The summed E-state index contributed by atoms with van der Waals surface area (Å²) in [5.74, 6) is 0.707. The SMILES string of the molecule is CN(c1nccnc1CNc1nc(Nc2cc3c(cc2C#N)CCN(C(=O)OC(C)(C)C)CC3)ncc1Cl)S(=O)O. The maximum Gasteiger partial charge on any atom is 0.410 e. The van der Waals surface area contributed by atoms with E-state index >= 15 is 0 Å². The zero-order chi connectivity index (χ0) is 29.7. The van der Waals surface area contributed by atoms with Gasteiger partial charge in [0.15, 0.2) is 11.6 Å². The van der Waals surface area contributed by atoms with Crippen LogP contribution in [0.2, 0.25) is 5.02 Å². The highest BCUT2D eigenvalue weighted by Crippen LogP contribution is 2.28. The lowest BCUT2D eigenvalue weighted by Gasteiger charge is -2.26. The molecule has 0 aliphatic carbocycles. The molecule has 0 fully saturated rings. The maximum absolute atomic E-state index is 12.6. The Morgan fingerprint density at radius 2 is 1.90 bits per heavy atom. The summed E-state index contributed by atoms with van der Waals surface area (Å²) in [5.41, 5.74) is 2.75. The molecule has 1 unspecified atom stereocenters. The molecule has 41 heavy (non-hydrogen) atoms. The largest absolute Gasteiger partial charge is 0.444 e. The Labute approximate surface area is 245 Å². The van der Waals surface area contributed by atoms with Crippen LogP contribution in [-0.4, -0.2) is 65.4 Å². The molecule has 0 saturated heterocycles. The number of rotatable bonds is 7. The Kier molecular flexibility index (Phi) is 9.21. The number of halogens is 1. The van der Waals surface area contributed by atoms with E-state index < -0.39 is 16.9 Å². The van der Waals surface area contributed by atoms with Gasteiger partial charge in [0.2, 0.25) is 5.95 Å². The number of nitriles is 1. The first-order chi connectivity index (χ1) is 19.4. The molecule has 1 aliphatic heterocycles. The van der Waals surface area contributed by atoms with Gasteiger partial charge in [-0.15, -0.1) is 0 Å². The number of carbonyl (C=O) groups excluding carboxylic acids is 1. The lowest BCUT2D eigenvalue weighted by molar-refractivity contribution is 0.0258. The van der Waals surface area contributed by atoms with Crippen molar-refractivity contribution in [1.82, 2.24) is 24.8 Å². The van der Waals surface area contributed by atoms with Crippen LogP contribution in [0.5, 0.6) is 0 Å². The summed E-state index contributed by atoms with van der Waals surface area (Å²) in [7, 11) is 1.42. The van der Waals surface area contributed by atoms with E-state index in [1.54, 1.807) is 4.90 Å². The van der Waals surface area contributed by atoms with Gasteiger partial charge < -0.3 is 20.3 Å². The zero-order valence-corrected chi connectivity index (χ0v) is 24.6. The average molecular weight is 600 g/mol. The first kappa shape index (κ1) is 29.9. The van der Waals surface area contributed by atoms with Crippen molar-refractivity contribution in [2.24, 2.45) is 0 Å². The van der Waals surface area contributed by atoms with Crippen molar-refractivity contribution in [2.45, 2.75) is 45.8 Å². The van der Waals surface area contributed by atoms with Crippen molar-refractivity contribution in [1.29, 1.82) is 5.26 Å². The highest BCUT2D eigenvalue weighted by molar-refractivity contribution is 7.80.